The van der Waals surface area contributed by atoms with Gasteiger partial charge >= 0.3 is 0 Å². The average Bonchev–Trinajstić information content (AvgIpc) is 1.83. The summed E-state index contributed by atoms with van der Waals surface area (Å²) < 4.78 is 5.22. The van der Waals surface area contributed by atoms with Gasteiger partial charge in [0.25, 0.3) is 0 Å². The highest BCUT2D eigenvalue weighted by Crippen LogP contribution is 1.87. The van der Waals surface area contributed by atoms with Crippen LogP contribution >= 0.6 is 0 Å². The minimum Gasteiger partial charge on any atom is -0.377 e. The SMILES string of the molecule is CCCO[C@H](C)CN. The number of rotatable bonds is 4. The van der Waals surface area contributed by atoms with Crippen LogP contribution in [-0.4, -0.2) is 19.3 Å². The Balaban J connectivity index is 2.86. The fourth-order valence-electron chi connectivity index (χ4n) is 0.387. The van der Waals surface area contributed by atoms with E-state index < -0.39 is 0 Å². The molecule has 0 saturated heterocycles. The molecule has 2 N–H and O–H groups in total. The third-order valence-electron chi connectivity index (χ3n) is 0.938. The van der Waals surface area contributed by atoms with E-state index in [1.54, 1.807) is 0 Å². The van der Waals surface area contributed by atoms with Gasteiger partial charge in [-0.05, 0) is 13.3 Å². The molecule has 0 aliphatic rings. The van der Waals surface area contributed by atoms with E-state index in [0.29, 0.717) is 6.54 Å². The molecule has 0 amide bonds. The summed E-state index contributed by atoms with van der Waals surface area (Å²) in [5.41, 5.74) is 5.29. The maximum Gasteiger partial charge on any atom is 0.0669 e. The van der Waals surface area contributed by atoms with Gasteiger partial charge in [-0.25, -0.2) is 0 Å². The molecule has 0 bridgehead atoms. The molecule has 1 atom stereocenters. The molecular formula is C6H15NO. The normalized spacial score (nSPS) is 13.9. The maximum atomic E-state index is 5.29. The van der Waals surface area contributed by atoms with E-state index in [0.717, 1.165) is 13.0 Å². The van der Waals surface area contributed by atoms with Crippen molar-refractivity contribution in [1.29, 1.82) is 0 Å². The van der Waals surface area contributed by atoms with Crippen molar-refractivity contribution in [3.05, 3.63) is 0 Å². The summed E-state index contributed by atoms with van der Waals surface area (Å²) in [5.74, 6) is 0. The van der Waals surface area contributed by atoms with Crippen molar-refractivity contribution in [2.24, 2.45) is 5.73 Å². The summed E-state index contributed by atoms with van der Waals surface area (Å²) >= 11 is 0. The topological polar surface area (TPSA) is 35.2 Å². The molecular weight excluding hydrogens is 102 g/mol. The smallest absolute Gasteiger partial charge is 0.0669 e. The van der Waals surface area contributed by atoms with E-state index in [4.69, 9.17) is 10.5 Å². The van der Waals surface area contributed by atoms with Gasteiger partial charge in [-0.2, -0.15) is 0 Å². The quantitative estimate of drug-likeness (QED) is 0.590. The van der Waals surface area contributed by atoms with Gasteiger partial charge in [-0.3, -0.25) is 0 Å². The minimum absolute atomic E-state index is 0.231. The Labute approximate surface area is 51.0 Å². The van der Waals surface area contributed by atoms with Gasteiger partial charge in [0.15, 0.2) is 0 Å². The highest BCUT2D eigenvalue weighted by Gasteiger charge is 1.94. The fraction of sp³-hybridized carbons (Fsp3) is 1.00. The Hall–Kier alpha value is -0.0800. The number of ether oxygens (including phenoxy) is 1. The van der Waals surface area contributed by atoms with Crippen molar-refractivity contribution in [3.63, 3.8) is 0 Å². The molecule has 0 unspecified atom stereocenters. The third kappa shape index (κ3) is 4.09. The first-order valence-corrected chi connectivity index (χ1v) is 3.13. The van der Waals surface area contributed by atoms with Gasteiger partial charge in [0.1, 0.15) is 0 Å². The molecule has 8 heavy (non-hydrogen) atoms. The van der Waals surface area contributed by atoms with E-state index in [-0.39, 0.29) is 6.10 Å². The summed E-state index contributed by atoms with van der Waals surface area (Å²) in [5, 5.41) is 0. The van der Waals surface area contributed by atoms with E-state index in [2.05, 4.69) is 6.92 Å². The van der Waals surface area contributed by atoms with Crippen molar-refractivity contribution in [1.82, 2.24) is 0 Å². The largest absolute Gasteiger partial charge is 0.377 e. The van der Waals surface area contributed by atoms with Crippen LogP contribution in [0.4, 0.5) is 0 Å². The molecule has 0 aromatic carbocycles. The van der Waals surface area contributed by atoms with Gasteiger partial charge < -0.3 is 10.5 Å². The predicted molar refractivity (Wildman–Crippen MR) is 34.8 cm³/mol. The standard InChI is InChI=1S/C6H15NO/c1-3-4-8-6(2)5-7/h6H,3-5,7H2,1-2H3/t6-/m1/s1. The molecule has 0 aliphatic heterocycles. The number of hydrogen-bond acceptors (Lipinski definition) is 2. The average molecular weight is 117 g/mol. The Morgan fingerprint density at radius 2 is 2.25 bits per heavy atom. The van der Waals surface area contributed by atoms with Crippen LogP contribution in [0, 0.1) is 0 Å². The molecule has 0 radical (unpaired) electrons. The molecule has 0 aromatic heterocycles. The fourth-order valence-corrected chi connectivity index (χ4v) is 0.387. The Morgan fingerprint density at radius 1 is 1.62 bits per heavy atom. The van der Waals surface area contributed by atoms with Crippen LogP contribution in [-0.2, 0) is 4.74 Å². The minimum atomic E-state index is 0.231. The van der Waals surface area contributed by atoms with Crippen molar-refractivity contribution in [3.8, 4) is 0 Å². The van der Waals surface area contributed by atoms with Crippen LogP contribution in [0.2, 0.25) is 0 Å². The van der Waals surface area contributed by atoms with E-state index in [9.17, 15) is 0 Å². The van der Waals surface area contributed by atoms with Gasteiger partial charge in [0.05, 0.1) is 6.10 Å². The second-order valence-corrected chi connectivity index (χ2v) is 1.92. The zero-order chi connectivity index (χ0) is 6.41. The van der Waals surface area contributed by atoms with Gasteiger partial charge in [-0.15, -0.1) is 0 Å². The van der Waals surface area contributed by atoms with Crippen LogP contribution in [0.1, 0.15) is 20.3 Å². The second kappa shape index (κ2) is 5.06. The number of nitrogens with two attached hydrogens (primary N) is 1. The van der Waals surface area contributed by atoms with Crippen LogP contribution in [0.15, 0.2) is 0 Å². The first-order valence-electron chi connectivity index (χ1n) is 3.13. The molecule has 0 saturated carbocycles. The molecule has 2 heteroatoms. The first kappa shape index (κ1) is 7.92. The number of hydrogen-bond donors (Lipinski definition) is 1. The molecule has 0 fully saturated rings. The van der Waals surface area contributed by atoms with Crippen molar-refractivity contribution < 1.29 is 4.74 Å². The van der Waals surface area contributed by atoms with Crippen molar-refractivity contribution in [2.45, 2.75) is 26.4 Å². The van der Waals surface area contributed by atoms with Crippen molar-refractivity contribution in [2.75, 3.05) is 13.2 Å². The summed E-state index contributed by atoms with van der Waals surface area (Å²) in [6.45, 7) is 5.53. The van der Waals surface area contributed by atoms with Crippen LogP contribution < -0.4 is 5.73 Å². The van der Waals surface area contributed by atoms with Gasteiger partial charge in [0, 0.05) is 13.2 Å². The summed E-state index contributed by atoms with van der Waals surface area (Å²) in [6.07, 6.45) is 1.31. The lowest BCUT2D eigenvalue weighted by Gasteiger charge is -2.07. The van der Waals surface area contributed by atoms with E-state index in [1.807, 2.05) is 6.92 Å². The lowest BCUT2D eigenvalue weighted by atomic mass is 10.4. The Morgan fingerprint density at radius 3 is 2.62 bits per heavy atom. The first-order chi connectivity index (χ1) is 3.81. The predicted octanol–water partition coefficient (Wildman–Crippen LogP) is 0.760. The molecule has 0 heterocycles. The van der Waals surface area contributed by atoms with E-state index in [1.165, 1.54) is 0 Å². The highest BCUT2D eigenvalue weighted by molar-refractivity contribution is 4.46. The summed E-state index contributed by atoms with van der Waals surface area (Å²) in [7, 11) is 0. The molecule has 50 valence electrons. The lowest BCUT2D eigenvalue weighted by molar-refractivity contribution is 0.0724. The van der Waals surface area contributed by atoms with Crippen LogP contribution in [0.5, 0.6) is 0 Å². The summed E-state index contributed by atoms with van der Waals surface area (Å²) in [4.78, 5) is 0. The zero-order valence-electron chi connectivity index (χ0n) is 5.68. The second-order valence-electron chi connectivity index (χ2n) is 1.92. The molecule has 0 aliphatic carbocycles. The lowest BCUT2D eigenvalue weighted by Crippen LogP contribution is -2.20. The molecule has 0 spiro atoms. The van der Waals surface area contributed by atoms with Gasteiger partial charge in [0.2, 0.25) is 0 Å². The zero-order valence-corrected chi connectivity index (χ0v) is 5.68. The Kier molecular flexibility index (Phi) is 5.01. The third-order valence-corrected chi connectivity index (χ3v) is 0.938. The van der Waals surface area contributed by atoms with Crippen molar-refractivity contribution >= 4 is 0 Å². The summed E-state index contributed by atoms with van der Waals surface area (Å²) in [6, 6.07) is 0. The Bertz CT molecular complexity index is 47.8. The molecule has 0 aromatic rings. The van der Waals surface area contributed by atoms with Gasteiger partial charge in [-0.1, -0.05) is 6.92 Å². The highest BCUT2D eigenvalue weighted by atomic mass is 16.5. The monoisotopic (exact) mass is 117 g/mol. The van der Waals surface area contributed by atoms with Crippen LogP contribution in [0.25, 0.3) is 0 Å². The maximum absolute atomic E-state index is 5.29. The van der Waals surface area contributed by atoms with E-state index >= 15 is 0 Å². The molecule has 2 nitrogen and oxygen atoms in total. The molecule has 0 rings (SSSR count). The van der Waals surface area contributed by atoms with Crippen LogP contribution in [0.3, 0.4) is 0 Å².